The Kier molecular flexibility index (Phi) is 4.37. The second-order valence-electron chi connectivity index (χ2n) is 4.63. The first-order valence-electron chi connectivity index (χ1n) is 6.55. The molecular weight excluding hydrogens is 304 g/mol. The predicted octanol–water partition coefficient (Wildman–Crippen LogP) is 3.31. The summed E-state index contributed by atoms with van der Waals surface area (Å²) in [5.41, 5.74) is 10.3. The highest BCUT2D eigenvalue weighted by Crippen LogP contribution is 2.23. The molecule has 0 aliphatic carbocycles. The molecule has 102 valence electrons. The zero-order chi connectivity index (χ0) is 14.0. The number of hydrogen-bond donors (Lipinski definition) is 1. The maximum Gasteiger partial charge on any atom is 0.103 e. The average Bonchev–Trinajstić information content (AvgIpc) is 2.84. The Morgan fingerprint density at radius 1 is 1.37 bits per heavy atom. The highest BCUT2D eigenvalue weighted by Gasteiger charge is 2.17. The summed E-state index contributed by atoms with van der Waals surface area (Å²) in [6, 6.07) is 6.12. The molecule has 4 nitrogen and oxygen atoms in total. The van der Waals surface area contributed by atoms with Gasteiger partial charge in [-0.05, 0) is 43.5 Å². The molecule has 1 atom stereocenters. The lowest BCUT2D eigenvalue weighted by molar-refractivity contribution is 0.665. The fraction of sp³-hybridized carbons (Fsp3) is 0.429. The fourth-order valence-corrected chi connectivity index (χ4v) is 2.34. The molecule has 1 aromatic carbocycles. The molecule has 0 amide bonds. The molecule has 19 heavy (non-hydrogen) atoms. The topological polar surface area (TPSA) is 56.7 Å². The minimum absolute atomic E-state index is 0.0414. The summed E-state index contributed by atoms with van der Waals surface area (Å²) in [6.07, 6.45) is 1.73. The smallest absolute Gasteiger partial charge is 0.103 e. The first-order chi connectivity index (χ1) is 9.08. The molecule has 2 rings (SSSR count). The van der Waals surface area contributed by atoms with Gasteiger partial charge in [0.2, 0.25) is 0 Å². The highest BCUT2D eigenvalue weighted by atomic mass is 79.9. The molecular formula is C14H19BrN4. The summed E-state index contributed by atoms with van der Waals surface area (Å²) in [4.78, 5) is 0. The van der Waals surface area contributed by atoms with Crippen LogP contribution in [0.5, 0.6) is 0 Å². The standard InChI is InChI=1S/C14H19BrN4/c1-4-12(16)14-13(5-2)19(18-17-14)10-6-7-11(15)9(3)8-10/h6-8,12H,4-5,16H2,1-3H3. The molecule has 0 aliphatic heterocycles. The normalized spacial score (nSPS) is 12.7. The number of halogens is 1. The van der Waals surface area contributed by atoms with Crippen LogP contribution in [-0.2, 0) is 6.42 Å². The third-order valence-electron chi connectivity index (χ3n) is 3.31. The summed E-state index contributed by atoms with van der Waals surface area (Å²) in [6.45, 7) is 6.23. The molecule has 2 N–H and O–H groups in total. The summed E-state index contributed by atoms with van der Waals surface area (Å²) in [7, 11) is 0. The van der Waals surface area contributed by atoms with Crippen LogP contribution in [0.2, 0.25) is 0 Å². The van der Waals surface area contributed by atoms with Gasteiger partial charge >= 0.3 is 0 Å². The number of benzene rings is 1. The molecule has 0 radical (unpaired) electrons. The van der Waals surface area contributed by atoms with Gasteiger partial charge in [-0.15, -0.1) is 5.10 Å². The second-order valence-corrected chi connectivity index (χ2v) is 5.49. The van der Waals surface area contributed by atoms with E-state index in [-0.39, 0.29) is 6.04 Å². The van der Waals surface area contributed by atoms with Crippen LogP contribution in [0.4, 0.5) is 0 Å². The van der Waals surface area contributed by atoms with E-state index >= 15 is 0 Å². The van der Waals surface area contributed by atoms with Gasteiger partial charge in [0.25, 0.3) is 0 Å². The third kappa shape index (κ3) is 2.72. The maximum atomic E-state index is 6.09. The van der Waals surface area contributed by atoms with E-state index in [0.717, 1.165) is 34.4 Å². The Morgan fingerprint density at radius 2 is 2.11 bits per heavy atom. The monoisotopic (exact) mass is 322 g/mol. The van der Waals surface area contributed by atoms with Crippen molar-refractivity contribution in [3.8, 4) is 5.69 Å². The fourth-order valence-electron chi connectivity index (χ4n) is 2.09. The zero-order valence-electron chi connectivity index (χ0n) is 11.5. The van der Waals surface area contributed by atoms with Gasteiger partial charge in [-0.3, -0.25) is 0 Å². The Balaban J connectivity index is 2.50. The van der Waals surface area contributed by atoms with Gasteiger partial charge in [0, 0.05) is 4.47 Å². The molecule has 0 bridgehead atoms. The number of rotatable bonds is 4. The van der Waals surface area contributed by atoms with Crippen LogP contribution in [0, 0.1) is 6.92 Å². The van der Waals surface area contributed by atoms with Crippen molar-refractivity contribution in [2.75, 3.05) is 0 Å². The molecule has 1 aromatic heterocycles. The van der Waals surface area contributed by atoms with Crippen LogP contribution in [0.25, 0.3) is 5.69 Å². The lowest BCUT2D eigenvalue weighted by atomic mass is 10.1. The number of nitrogens with zero attached hydrogens (tertiary/aromatic N) is 3. The SMILES string of the molecule is CCc1c(C(N)CC)nnn1-c1ccc(Br)c(C)c1. The number of aromatic nitrogens is 3. The lowest BCUT2D eigenvalue weighted by Crippen LogP contribution is -2.12. The molecule has 0 spiro atoms. The quantitative estimate of drug-likeness (QED) is 0.939. The van der Waals surface area contributed by atoms with Crippen molar-refractivity contribution in [2.45, 2.75) is 39.7 Å². The Bertz CT molecular complexity index is 577. The largest absolute Gasteiger partial charge is 0.323 e. The summed E-state index contributed by atoms with van der Waals surface area (Å²) in [5.74, 6) is 0. The predicted molar refractivity (Wildman–Crippen MR) is 80.4 cm³/mol. The van der Waals surface area contributed by atoms with Crippen molar-refractivity contribution < 1.29 is 0 Å². The minimum atomic E-state index is -0.0414. The van der Waals surface area contributed by atoms with Crippen LogP contribution in [0.15, 0.2) is 22.7 Å². The van der Waals surface area contributed by atoms with Crippen LogP contribution >= 0.6 is 15.9 Å². The van der Waals surface area contributed by atoms with Crippen LogP contribution in [-0.4, -0.2) is 15.0 Å². The minimum Gasteiger partial charge on any atom is -0.323 e. The Hall–Kier alpha value is -1.20. The zero-order valence-corrected chi connectivity index (χ0v) is 13.1. The number of aryl methyl sites for hydroxylation is 1. The molecule has 0 aliphatic rings. The molecule has 1 unspecified atom stereocenters. The van der Waals surface area contributed by atoms with Crippen molar-refractivity contribution in [1.29, 1.82) is 0 Å². The summed E-state index contributed by atoms with van der Waals surface area (Å²) in [5, 5.41) is 8.53. The Labute approximate surface area is 122 Å². The van der Waals surface area contributed by atoms with Gasteiger partial charge in [0.15, 0.2) is 0 Å². The molecule has 1 heterocycles. The van der Waals surface area contributed by atoms with Gasteiger partial charge in [0.1, 0.15) is 5.69 Å². The third-order valence-corrected chi connectivity index (χ3v) is 4.20. The van der Waals surface area contributed by atoms with Crippen molar-refractivity contribution in [3.63, 3.8) is 0 Å². The lowest BCUT2D eigenvalue weighted by Gasteiger charge is -2.10. The van der Waals surface area contributed by atoms with Gasteiger partial charge in [0.05, 0.1) is 17.4 Å². The van der Waals surface area contributed by atoms with Gasteiger partial charge in [-0.25, -0.2) is 4.68 Å². The second kappa shape index (κ2) is 5.84. The van der Waals surface area contributed by atoms with E-state index in [1.807, 2.05) is 16.8 Å². The Morgan fingerprint density at radius 3 is 2.68 bits per heavy atom. The molecule has 5 heteroatoms. The van der Waals surface area contributed by atoms with Crippen LogP contribution in [0.1, 0.15) is 43.3 Å². The van der Waals surface area contributed by atoms with E-state index in [2.05, 4.69) is 53.1 Å². The van der Waals surface area contributed by atoms with Crippen molar-refractivity contribution in [1.82, 2.24) is 15.0 Å². The van der Waals surface area contributed by atoms with Crippen molar-refractivity contribution in [3.05, 3.63) is 39.6 Å². The van der Waals surface area contributed by atoms with E-state index in [0.29, 0.717) is 0 Å². The average molecular weight is 323 g/mol. The molecule has 0 saturated carbocycles. The maximum absolute atomic E-state index is 6.09. The summed E-state index contributed by atoms with van der Waals surface area (Å²) < 4.78 is 2.99. The van der Waals surface area contributed by atoms with Gasteiger partial charge in [-0.2, -0.15) is 0 Å². The molecule has 0 saturated heterocycles. The summed E-state index contributed by atoms with van der Waals surface area (Å²) >= 11 is 3.51. The number of hydrogen-bond acceptors (Lipinski definition) is 3. The van der Waals surface area contributed by atoms with E-state index in [9.17, 15) is 0 Å². The first-order valence-corrected chi connectivity index (χ1v) is 7.34. The van der Waals surface area contributed by atoms with E-state index in [1.54, 1.807) is 0 Å². The highest BCUT2D eigenvalue weighted by molar-refractivity contribution is 9.10. The van der Waals surface area contributed by atoms with E-state index in [4.69, 9.17) is 5.73 Å². The van der Waals surface area contributed by atoms with Crippen molar-refractivity contribution >= 4 is 15.9 Å². The van der Waals surface area contributed by atoms with Gasteiger partial charge < -0.3 is 5.73 Å². The van der Waals surface area contributed by atoms with E-state index in [1.165, 1.54) is 5.56 Å². The van der Waals surface area contributed by atoms with Crippen molar-refractivity contribution in [2.24, 2.45) is 5.73 Å². The van der Waals surface area contributed by atoms with Gasteiger partial charge in [-0.1, -0.05) is 35.0 Å². The first kappa shape index (κ1) is 14.2. The number of nitrogens with two attached hydrogens (primary N) is 1. The van der Waals surface area contributed by atoms with Crippen LogP contribution < -0.4 is 5.73 Å². The molecule has 2 aromatic rings. The molecule has 0 fully saturated rings. The van der Waals surface area contributed by atoms with E-state index < -0.39 is 0 Å². The van der Waals surface area contributed by atoms with Crippen LogP contribution in [0.3, 0.4) is 0 Å².